The number of rotatable bonds is 1. The minimum Gasteiger partial charge on any atom is -0.298 e. The molecule has 1 aromatic rings. The van der Waals surface area contributed by atoms with Crippen LogP contribution in [0.2, 0.25) is 0 Å². The predicted octanol–water partition coefficient (Wildman–Crippen LogP) is 1.47. The molecule has 0 unspecified atom stereocenters. The Morgan fingerprint density at radius 2 is 2.55 bits per heavy atom. The van der Waals surface area contributed by atoms with E-state index in [4.69, 9.17) is 0 Å². The number of likely N-dealkylation sites (N-methyl/N-ethyl adjacent to an activating group) is 1. The molecule has 0 bridgehead atoms. The van der Waals surface area contributed by atoms with Gasteiger partial charge in [0.05, 0.1) is 0 Å². The molecule has 0 amide bonds. The van der Waals surface area contributed by atoms with Crippen LogP contribution in [0.4, 0.5) is 0 Å². The van der Waals surface area contributed by atoms with E-state index in [-0.39, 0.29) is 0 Å². The lowest BCUT2D eigenvalue weighted by atomic mass is 10.3. The van der Waals surface area contributed by atoms with Gasteiger partial charge in [-0.3, -0.25) is 4.90 Å². The molecule has 0 aliphatic carbocycles. The zero-order chi connectivity index (χ0) is 7.68. The summed E-state index contributed by atoms with van der Waals surface area (Å²) >= 11 is 1.72. The summed E-state index contributed by atoms with van der Waals surface area (Å²) in [5, 5.41) is 3.20. The first-order valence-electron chi connectivity index (χ1n) is 3.64. The molecule has 0 radical (unpaired) electrons. The van der Waals surface area contributed by atoms with E-state index in [2.05, 4.69) is 23.0 Å². The van der Waals surface area contributed by atoms with Gasteiger partial charge < -0.3 is 0 Å². The second-order valence-electron chi connectivity index (χ2n) is 2.76. The van der Waals surface area contributed by atoms with Crippen LogP contribution in [-0.4, -0.2) is 30.0 Å². The summed E-state index contributed by atoms with van der Waals surface area (Å²) in [5.41, 5.74) is 1.38. The highest BCUT2D eigenvalue weighted by Gasteiger charge is 2.12. The molecule has 2 heterocycles. The fourth-order valence-electron chi connectivity index (χ4n) is 1.22. The summed E-state index contributed by atoms with van der Waals surface area (Å²) in [5.74, 6) is 0. The smallest absolute Gasteiger partial charge is 0.120 e. The van der Waals surface area contributed by atoms with Crippen molar-refractivity contribution in [2.24, 2.45) is 0 Å². The Hall–Kier alpha value is -0.670. The van der Waals surface area contributed by atoms with Gasteiger partial charge >= 0.3 is 0 Å². The van der Waals surface area contributed by atoms with Crippen molar-refractivity contribution in [3.63, 3.8) is 0 Å². The molecule has 3 heteroatoms. The molecule has 0 fully saturated rings. The number of hydrogen-bond donors (Lipinski definition) is 0. The number of hydrogen-bond acceptors (Lipinski definition) is 3. The largest absolute Gasteiger partial charge is 0.298 e. The van der Waals surface area contributed by atoms with E-state index < -0.39 is 0 Å². The van der Waals surface area contributed by atoms with Crippen LogP contribution in [0, 0.1) is 0 Å². The van der Waals surface area contributed by atoms with Crippen molar-refractivity contribution in [2.45, 2.75) is 0 Å². The minimum atomic E-state index is 1.05. The first-order chi connectivity index (χ1) is 5.36. The van der Waals surface area contributed by atoms with Crippen molar-refractivity contribution in [3.05, 3.63) is 22.7 Å². The maximum Gasteiger partial charge on any atom is 0.120 e. The first kappa shape index (κ1) is 7.00. The van der Waals surface area contributed by atoms with Crippen molar-refractivity contribution < 1.29 is 0 Å². The molecule has 0 N–H and O–H groups in total. The van der Waals surface area contributed by atoms with E-state index in [1.54, 1.807) is 11.3 Å². The Balaban J connectivity index is 2.19. The highest BCUT2D eigenvalue weighted by Crippen LogP contribution is 2.21. The van der Waals surface area contributed by atoms with Crippen LogP contribution in [0.3, 0.4) is 0 Å². The van der Waals surface area contributed by atoms with Crippen LogP contribution in [0.15, 0.2) is 17.7 Å². The molecule has 58 valence electrons. The maximum absolute atomic E-state index is 4.26. The van der Waals surface area contributed by atoms with Gasteiger partial charge in [-0.25, -0.2) is 4.98 Å². The fraction of sp³-hybridized carbons (Fsp3) is 0.375. The second kappa shape index (κ2) is 2.75. The van der Waals surface area contributed by atoms with E-state index in [1.807, 2.05) is 11.6 Å². The molecule has 1 aliphatic rings. The second-order valence-corrected chi connectivity index (χ2v) is 3.66. The van der Waals surface area contributed by atoms with Crippen LogP contribution in [0.1, 0.15) is 5.01 Å². The third-order valence-corrected chi connectivity index (χ3v) is 2.65. The summed E-state index contributed by atoms with van der Waals surface area (Å²) in [4.78, 5) is 6.53. The highest BCUT2D eigenvalue weighted by atomic mass is 32.1. The molecule has 2 nitrogen and oxygen atoms in total. The van der Waals surface area contributed by atoms with Gasteiger partial charge in [-0.2, -0.15) is 0 Å². The van der Waals surface area contributed by atoms with E-state index in [0.717, 1.165) is 13.1 Å². The molecule has 2 rings (SSSR count). The standard InChI is InChI=1S/C8H10N2S/c1-10-4-2-7(6-10)8-9-3-5-11-8/h2-3,5H,4,6H2,1H3. The Kier molecular flexibility index (Phi) is 1.75. The summed E-state index contributed by atoms with van der Waals surface area (Å²) in [6.45, 7) is 2.11. The van der Waals surface area contributed by atoms with Crippen molar-refractivity contribution in [1.82, 2.24) is 9.88 Å². The predicted molar refractivity (Wildman–Crippen MR) is 47.6 cm³/mol. The van der Waals surface area contributed by atoms with Gasteiger partial charge in [-0.1, -0.05) is 6.08 Å². The van der Waals surface area contributed by atoms with Crippen LogP contribution in [0.25, 0.3) is 5.57 Å². The average Bonchev–Trinajstić information content (AvgIpc) is 2.55. The van der Waals surface area contributed by atoms with Gasteiger partial charge in [0.15, 0.2) is 0 Å². The normalized spacial score (nSPS) is 18.8. The van der Waals surface area contributed by atoms with E-state index in [0.29, 0.717) is 0 Å². The highest BCUT2D eigenvalue weighted by molar-refractivity contribution is 7.10. The SMILES string of the molecule is CN1CC=C(c2nccs2)C1. The molecule has 0 spiro atoms. The average molecular weight is 166 g/mol. The lowest BCUT2D eigenvalue weighted by Gasteiger charge is -2.05. The monoisotopic (exact) mass is 166 g/mol. The van der Waals surface area contributed by atoms with Crippen molar-refractivity contribution in [3.8, 4) is 0 Å². The number of nitrogens with zero attached hydrogens (tertiary/aromatic N) is 2. The summed E-state index contributed by atoms with van der Waals surface area (Å²) in [6, 6.07) is 0. The molecule has 0 atom stereocenters. The summed E-state index contributed by atoms with van der Waals surface area (Å²) in [6.07, 6.45) is 4.11. The molecular formula is C8H10N2S. The lowest BCUT2D eigenvalue weighted by molar-refractivity contribution is 0.438. The van der Waals surface area contributed by atoms with Crippen LogP contribution >= 0.6 is 11.3 Å². The van der Waals surface area contributed by atoms with Gasteiger partial charge in [0.2, 0.25) is 0 Å². The third-order valence-electron chi connectivity index (χ3n) is 1.80. The third kappa shape index (κ3) is 1.34. The molecule has 0 saturated carbocycles. The Morgan fingerprint density at radius 3 is 3.09 bits per heavy atom. The number of thiazole rings is 1. The fourth-order valence-corrected chi connectivity index (χ4v) is 1.89. The van der Waals surface area contributed by atoms with Gasteiger partial charge in [0, 0.05) is 24.7 Å². The zero-order valence-electron chi connectivity index (χ0n) is 6.45. The first-order valence-corrected chi connectivity index (χ1v) is 4.51. The number of aromatic nitrogens is 1. The summed E-state index contributed by atoms with van der Waals surface area (Å²) < 4.78 is 0. The molecule has 1 aromatic heterocycles. The molecule has 0 saturated heterocycles. The summed E-state index contributed by atoms with van der Waals surface area (Å²) in [7, 11) is 2.12. The van der Waals surface area contributed by atoms with Gasteiger partial charge in [0.1, 0.15) is 5.01 Å². The Bertz CT molecular complexity index is 264. The van der Waals surface area contributed by atoms with Crippen molar-refractivity contribution in [2.75, 3.05) is 20.1 Å². The Morgan fingerprint density at radius 1 is 1.64 bits per heavy atom. The molecule has 0 aromatic carbocycles. The quantitative estimate of drug-likeness (QED) is 0.628. The molecular weight excluding hydrogens is 156 g/mol. The van der Waals surface area contributed by atoms with Crippen molar-refractivity contribution >= 4 is 16.9 Å². The van der Waals surface area contributed by atoms with Gasteiger partial charge in [-0.05, 0) is 12.6 Å². The van der Waals surface area contributed by atoms with Gasteiger partial charge in [-0.15, -0.1) is 11.3 Å². The topological polar surface area (TPSA) is 16.1 Å². The van der Waals surface area contributed by atoms with Crippen LogP contribution in [-0.2, 0) is 0 Å². The van der Waals surface area contributed by atoms with Gasteiger partial charge in [0.25, 0.3) is 0 Å². The maximum atomic E-state index is 4.26. The van der Waals surface area contributed by atoms with E-state index >= 15 is 0 Å². The van der Waals surface area contributed by atoms with E-state index in [1.165, 1.54) is 10.6 Å². The lowest BCUT2D eigenvalue weighted by Crippen LogP contribution is -2.13. The Labute approximate surface area is 70.2 Å². The van der Waals surface area contributed by atoms with Crippen molar-refractivity contribution in [1.29, 1.82) is 0 Å². The van der Waals surface area contributed by atoms with E-state index in [9.17, 15) is 0 Å². The molecule has 1 aliphatic heterocycles. The zero-order valence-corrected chi connectivity index (χ0v) is 7.27. The minimum absolute atomic E-state index is 1.05. The van der Waals surface area contributed by atoms with Crippen LogP contribution in [0.5, 0.6) is 0 Å². The van der Waals surface area contributed by atoms with Crippen LogP contribution < -0.4 is 0 Å². The molecule has 11 heavy (non-hydrogen) atoms.